The van der Waals surface area contributed by atoms with E-state index in [4.69, 9.17) is 15.2 Å². The molecule has 0 spiro atoms. The molecule has 2 heterocycles. The maximum absolute atomic E-state index is 11.6. The topological polar surface area (TPSA) is 105 Å². The minimum absolute atomic E-state index is 0. The maximum atomic E-state index is 11.6. The van der Waals surface area contributed by atoms with Gasteiger partial charge in [-0.3, -0.25) is 4.79 Å². The van der Waals surface area contributed by atoms with Crippen molar-refractivity contribution < 1.29 is 14.3 Å². The van der Waals surface area contributed by atoms with E-state index in [1.165, 1.54) is 7.11 Å². The van der Waals surface area contributed by atoms with Gasteiger partial charge in [-0.2, -0.15) is 4.68 Å². The molecule has 9 heteroatoms. The van der Waals surface area contributed by atoms with Crippen molar-refractivity contribution in [1.82, 2.24) is 19.7 Å². The third kappa shape index (κ3) is 4.38. The normalized spacial score (nSPS) is 22.5. The molecule has 1 aliphatic rings. The Hall–Kier alpha value is -2.03. The molecule has 26 heavy (non-hydrogen) atoms. The predicted molar refractivity (Wildman–Crippen MR) is 97.5 cm³/mol. The van der Waals surface area contributed by atoms with Crippen LogP contribution in [0.2, 0.25) is 0 Å². The van der Waals surface area contributed by atoms with Crippen molar-refractivity contribution in [2.75, 3.05) is 14.2 Å². The summed E-state index contributed by atoms with van der Waals surface area (Å²) in [6, 6.07) is 5.63. The van der Waals surface area contributed by atoms with Gasteiger partial charge in [-0.1, -0.05) is 6.07 Å². The molecule has 0 unspecified atom stereocenters. The molecule has 3 rings (SSSR count). The summed E-state index contributed by atoms with van der Waals surface area (Å²) in [6.07, 6.45) is 4.23. The Morgan fingerprint density at radius 2 is 2.15 bits per heavy atom. The molecular formula is C17H24ClN5O3. The number of hydrogen-bond donors (Lipinski definition) is 1. The minimum Gasteiger partial charge on any atom is -0.469 e. The third-order valence-corrected chi connectivity index (χ3v) is 4.58. The SMILES string of the molecule is COC(=O)Cc1nc([C@H]2CC[C@@H](N)[C@H](OC)C2)n(-c2ccccn2)n1.Cl. The van der Waals surface area contributed by atoms with Crippen molar-refractivity contribution in [1.29, 1.82) is 0 Å². The van der Waals surface area contributed by atoms with E-state index in [2.05, 4.69) is 15.1 Å². The van der Waals surface area contributed by atoms with Gasteiger partial charge in [-0.15, -0.1) is 17.5 Å². The van der Waals surface area contributed by atoms with E-state index in [9.17, 15) is 4.79 Å². The number of esters is 1. The average molecular weight is 382 g/mol. The lowest BCUT2D eigenvalue weighted by Crippen LogP contribution is -2.41. The van der Waals surface area contributed by atoms with Crippen LogP contribution in [0.5, 0.6) is 0 Å². The van der Waals surface area contributed by atoms with Crippen molar-refractivity contribution in [3.05, 3.63) is 36.0 Å². The molecule has 0 saturated heterocycles. The Kier molecular flexibility index (Phi) is 7.07. The number of hydrogen-bond acceptors (Lipinski definition) is 7. The summed E-state index contributed by atoms with van der Waals surface area (Å²) >= 11 is 0. The molecule has 0 amide bonds. The molecule has 2 N–H and O–H groups in total. The predicted octanol–water partition coefficient (Wildman–Crippen LogP) is 1.41. The first-order chi connectivity index (χ1) is 12.1. The van der Waals surface area contributed by atoms with Crippen LogP contribution in [0.25, 0.3) is 5.82 Å². The summed E-state index contributed by atoms with van der Waals surface area (Å²) in [5.74, 6) is 1.66. The van der Waals surface area contributed by atoms with Gasteiger partial charge in [0, 0.05) is 25.3 Å². The van der Waals surface area contributed by atoms with Crippen LogP contribution < -0.4 is 5.73 Å². The summed E-state index contributed by atoms with van der Waals surface area (Å²) in [5, 5.41) is 4.48. The van der Waals surface area contributed by atoms with Crippen LogP contribution in [-0.2, 0) is 20.7 Å². The number of halogens is 1. The molecule has 8 nitrogen and oxygen atoms in total. The number of methoxy groups -OCH3 is 2. The zero-order chi connectivity index (χ0) is 17.8. The summed E-state index contributed by atoms with van der Waals surface area (Å²) in [4.78, 5) is 20.6. The van der Waals surface area contributed by atoms with E-state index in [0.29, 0.717) is 11.6 Å². The number of rotatable bonds is 5. The number of nitrogens with two attached hydrogens (primary N) is 1. The highest BCUT2D eigenvalue weighted by Crippen LogP contribution is 2.33. The largest absolute Gasteiger partial charge is 0.469 e. The zero-order valence-electron chi connectivity index (χ0n) is 14.9. The summed E-state index contributed by atoms with van der Waals surface area (Å²) < 4.78 is 12.0. The van der Waals surface area contributed by atoms with E-state index >= 15 is 0 Å². The average Bonchev–Trinajstić information content (AvgIpc) is 3.06. The van der Waals surface area contributed by atoms with Crippen molar-refractivity contribution in [2.24, 2.45) is 5.73 Å². The Balaban J connectivity index is 0.00000243. The number of carbonyl (C=O) groups is 1. The van der Waals surface area contributed by atoms with Gasteiger partial charge in [0.2, 0.25) is 0 Å². The van der Waals surface area contributed by atoms with Crippen LogP contribution >= 0.6 is 12.4 Å². The van der Waals surface area contributed by atoms with Crippen molar-refractivity contribution >= 4 is 18.4 Å². The molecule has 0 bridgehead atoms. The van der Waals surface area contributed by atoms with Gasteiger partial charge >= 0.3 is 5.97 Å². The molecule has 1 saturated carbocycles. The van der Waals surface area contributed by atoms with Crippen LogP contribution in [0, 0.1) is 0 Å². The summed E-state index contributed by atoms with van der Waals surface area (Å²) in [7, 11) is 3.03. The maximum Gasteiger partial charge on any atom is 0.313 e. The molecule has 2 aromatic rings. The first-order valence-corrected chi connectivity index (χ1v) is 8.34. The van der Waals surface area contributed by atoms with Gasteiger partial charge in [0.1, 0.15) is 12.2 Å². The molecule has 0 aliphatic heterocycles. The van der Waals surface area contributed by atoms with Crippen molar-refractivity contribution in [2.45, 2.75) is 43.7 Å². The fraction of sp³-hybridized carbons (Fsp3) is 0.529. The molecule has 142 valence electrons. The number of carbonyl (C=O) groups excluding carboxylic acids is 1. The minimum atomic E-state index is -0.370. The summed E-state index contributed by atoms with van der Waals surface area (Å²) in [6.45, 7) is 0. The van der Waals surface area contributed by atoms with E-state index in [0.717, 1.165) is 25.1 Å². The third-order valence-electron chi connectivity index (χ3n) is 4.58. The lowest BCUT2D eigenvalue weighted by atomic mass is 9.83. The Bertz CT molecular complexity index is 724. The Morgan fingerprint density at radius 3 is 2.81 bits per heavy atom. The number of ether oxygens (including phenoxy) is 2. The van der Waals surface area contributed by atoms with E-state index < -0.39 is 0 Å². The monoisotopic (exact) mass is 381 g/mol. The van der Waals surface area contributed by atoms with Crippen LogP contribution in [0.4, 0.5) is 0 Å². The smallest absolute Gasteiger partial charge is 0.313 e. The molecular weight excluding hydrogens is 358 g/mol. The molecule has 0 aromatic carbocycles. The second kappa shape index (κ2) is 9.07. The number of aromatic nitrogens is 4. The fourth-order valence-corrected chi connectivity index (χ4v) is 3.21. The zero-order valence-corrected chi connectivity index (χ0v) is 15.7. The highest BCUT2D eigenvalue weighted by molar-refractivity contribution is 5.85. The number of nitrogens with zero attached hydrogens (tertiary/aromatic N) is 4. The molecule has 1 aliphatic carbocycles. The first-order valence-electron chi connectivity index (χ1n) is 8.34. The lowest BCUT2D eigenvalue weighted by Gasteiger charge is -2.32. The highest BCUT2D eigenvalue weighted by atomic mass is 35.5. The standard InChI is InChI=1S/C17H23N5O3.ClH/c1-24-13-9-11(6-7-12(13)18)17-20-14(10-16(23)25-2)21-22(17)15-5-3-4-8-19-15;/h3-5,8,11-13H,6-7,9-10,18H2,1-2H3;1H/t11-,12+,13+;/m0./s1. The molecule has 1 fully saturated rings. The first kappa shape index (κ1) is 20.3. The van der Waals surface area contributed by atoms with Crippen LogP contribution in [-0.4, -0.2) is 52.1 Å². The van der Waals surface area contributed by atoms with Gasteiger partial charge in [-0.25, -0.2) is 9.97 Å². The summed E-state index contributed by atoms with van der Waals surface area (Å²) in [5.41, 5.74) is 6.13. The van der Waals surface area contributed by atoms with E-state index in [-0.39, 0.29) is 42.9 Å². The van der Waals surface area contributed by atoms with E-state index in [1.807, 2.05) is 18.2 Å². The second-order valence-electron chi connectivity index (χ2n) is 6.19. The molecule has 0 radical (unpaired) electrons. The second-order valence-corrected chi connectivity index (χ2v) is 6.19. The van der Waals surface area contributed by atoms with Gasteiger partial charge in [-0.05, 0) is 31.4 Å². The highest BCUT2D eigenvalue weighted by Gasteiger charge is 2.32. The van der Waals surface area contributed by atoms with Gasteiger partial charge in [0.05, 0.1) is 13.2 Å². The van der Waals surface area contributed by atoms with Crippen LogP contribution in [0.1, 0.15) is 36.8 Å². The van der Waals surface area contributed by atoms with Crippen LogP contribution in [0.15, 0.2) is 24.4 Å². The molecule has 2 aromatic heterocycles. The molecule has 3 atom stereocenters. The van der Waals surface area contributed by atoms with Gasteiger partial charge in [0.15, 0.2) is 11.6 Å². The Morgan fingerprint density at radius 1 is 1.35 bits per heavy atom. The number of pyridine rings is 1. The lowest BCUT2D eigenvalue weighted by molar-refractivity contribution is -0.139. The van der Waals surface area contributed by atoms with E-state index in [1.54, 1.807) is 18.0 Å². The van der Waals surface area contributed by atoms with Gasteiger partial charge < -0.3 is 15.2 Å². The quantitative estimate of drug-likeness (QED) is 0.780. The van der Waals surface area contributed by atoms with Crippen LogP contribution in [0.3, 0.4) is 0 Å². The van der Waals surface area contributed by atoms with Gasteiger partial charge in [0.25, 0.3) is 0 Å². The van der Waals surface area contributed by atoms with Crippen molar-refractivity contribution in [3.8, 4) is 5.82 Å². The Labute approximate surface area is 158 Å². The van der Waals surface area contributed by atoms with Crippen molar-refractivity contribution in [3.63, 3.8) is 0 Å². The fourth-order valence-electron chi connectivity index (χ4n) is 3.21.